The van der Waals surface area contributed by atoms with Crippen molar-refractivity contribution in [1.82, 2.24) is 29.5 Å². The van der Waals surface area contributed by atoms with Crippen LogP contribution in [0.5, 0.6) is 0 Å². The van der Waals surface area contributed by atoms with Crippen LogP contribution < -0.4 is 0 Å². The number of aromatic nitrogens is 6. The zero-order valence-corrected chi connectivity index (χ0v) is 23.1. The van der Waals surface area contributed by atoms with E-state index < -0.39 is 5.41 Å². The largest absolute Gasteiger partial charge is 2.00 e. The van der Waals surface area contributed by atoms with Crippen LogP contribution >= 0.6 is 0 Å². The first kappa shape index (κ1) is 26.4. The first-order chi connectivity index (χ1) is 19.2. The van der Waals surface area contributed by atoms with E-state index >= 15 is 0 Å². The fourth-order valence-corrected chi connectivity index (χ4v) is 4.68. The molecule has 0 aliphatic carbocycles. The summed E-state index contributed by atoms with van der Waals surface area (Å²) in [5.74, 6) is 1.28. The van der Waals surface area contributed by atoms with E-state index in [0.717, 1.165) is 11.1 Å². The molecule has 0 saturated heterocycles. The zero-order valence-electron chi connectivity index (χ0n) is 20.8. The molecule has 0 radical (unpaired) electrons. The van der Waals surface area contributed by atoms with Crippen LogP contribution in [0.4, 0.5) is 5.82 Å². The van der Waals surface area contributed by atoms with Gasteiger partial charge < -0.3 is 9.53 Å². The molecule has 6 rings (SSSR count). The standard InChI is InChI=1S/C31H18N8.Pt/c1-33-28-19-21-39(37-28)30-17-9-15-27(35-30)31(23-10-4-2-5-11-23,24-12-6-3-7-13-24)26-14-8-16-29(34-26)38-20-18-25(22-32)36-38;/h2-19H;/q-2;+2. The van der Waals surface area contributed by atoms with Gasteiger partial charge >= 0.3 is 26.9 Å². The third-order valence-electron chi connectivity index (χ3n) is 6.36. The van der Waals surface area contributed by atoms with Gasteiger partial charge in [0.05, 0.1) is 23.4 Å². The predicted octanol–water partition coefficient (Wildman–Crippen LogP) is 5.25. The molecule has 9 heteroatoms. The van der Waals surface area contributed by atoms with Crippen LogP contribution in [0.15, 0.2) is 109 Å². The van der Waals surface area contributed by atoms with Gasteiger partial charge in [0.15, 0.2) is 0 Å². The van der Waals surface area contributed by atoms with Gasteiger partial charge in [0, 0.05) is 11.4 Å². The van der Waals surface area contributed by atoms with Crippen molar-refractivity contribution in [3.63, 3.8) is 0 Å². The van der Waals surface area contributed by atoms with Crippen molar-refractivity contribution in [1.29, 1.82) is 5.26 Å². The van der Waals surface area contributed by atoms with Crippen molar-refractivity contribution in [2.75, 3.05) is 0 Å². The summed E-state index contributed by atoms with van der Waals surface area (Å²) in [4.78, 5) is 13.5. The number of nitriles is 1. The van der Waals surface area contributed by atoms with E-state index in [4.69, 9.17) is 16.5 Å². The molecule has 0 N–H and O–H groups in total. The summed E-state index contributed by atoms with van der Waals surface area (Å²) in [6, 6.07) is 36.6. The van der Waals surface area contributed by atoms with E-state index in [1.165, 1.54) is 21.5 Å². The van der Waals surface area contributed by atoms with E-state index in [9.17, 15) is 5.26 Å². The van der Waals surface area contributed by atoms with Gasteiger partial charge in [0.1, 0.15) is 5.41 Å². The molecule has 0 amide bonds. The molecule has 0 fully saturated rings. The van der Waals surface area contributed by atoms with Gasteiger partial charge in [-0.1, -0.05) is 97.7 Å². The summed E-state index contributed by atoms with van der Waals surface area (Å²) < 4.78 is 2.95. The molecule has 40 heavy (non-hydrogen) atoms. The first-order valence-corrected chi connectivity index (χ1v) is 12.0. The minimum atomic E-state index is -0.935. The first-order valence-electron chi connectivity index (χ1n) is 12.0. The molecule has 6 aromatic rings. The molecule has 0 bridgehead atoms. The Labute approximate surface area is 245 Å². The molecule has 4 aromatic heterocycles. The van der Waals surface area contributed by atoms with Crippen LogP contribution in [-0.4, -0.2) is 29.5 Å². The molecule has 8 nitrogen and oxygen atoms in total. The van der Waals surface area contributed by atoms with Crippen LogP contribution in [0, 0.1) is 30.3 Å². The summed E-state index contributed by atoms with van der Waals surface area (Å²) in [6.07, 6.45) is 5.96. The van der Waals surface area contributed by atoms with E-state index in [2.05, 4.69) is 51.7 Å². The molecule has 0 spiro atoms. The molecule has 192 valence electrons. The smallest absolute Gasteiger partial charge is 0.342 e. The van der Waals surface area contributed by atoms with Crippen molar-refractivity contribution >= 4 is 5.82 Å². The fraction of sp³-hybridized carbons (Fsp3) is 0.0323. The zero-order chi connectivity index (χ0) is 26.7. The van der Waals surface area contributed by atoms with Gasteiger partial charge in [-0.2, -0.15) is 0 Å². The second-order valence-corrected chi connectivity index (χ2v) is 8.58. The van der Waals surface area contributed by atoms with Crippen molar-refractivity contribution in [2.24, 2.45) is 0 Å². The number of pyridine rings is 2. The molecule has 0 aliphatic rings. The monoisotopic (exact) mass is 697 g/mol. The number of hydrogen-bond acceptors (Lipinski definition) is 5. The molecular weight excluding hydrogens is 679 g/mol. The van der Waals surface area contributed by atoms with Gasteiger partial charge in [0.2, 0.25) is 0 Å². The third-order valence-corrected chi connectivity index (χ3v) is 6.36. The average molecular weight is 698 g/mol. The van der Waals surface area contributed by atoms with Gasteiger partial charge in [-0.3, -0.25) is 9.97 Å². The molecule has 2 aromatic carbocycles. The summed E-state index contributed by atoms with van der Waals surface area (Å²) in [5, 5.41) is 17.8. The van der Waals surface area contributed by atoms with Crippen molar-refractivity contribution in [3.05, 3.63) is 161 Å². The van der Waals surface area contributed by atoms with E-state index in [0.29, 0.717) is 23.0 Å². The second kappa shape index (κ2) is 11.3. The minimum Gasteiger partial charge on any atom is -0.342 e. The topological polar surface area (TPSA) is 89.6 Å². The summed E-state index contributed by atoms with van der Waals surface area (Å²) in [5.41, 5.74) is 2.64. The number of rotatable bonds is 6. The summed E-state index contributed by atoms with van der Waals surface area (Å²) in [7, 11) is 0. The Bertz CT molecular complexity index is 1710. The Kier molecular flexibility index (Phi) is 7.46. The maximum Gasteiger partial charge on any atom is 2.00 e. The molecule has 0 atom stereocenters. The van der Waals surface area contributed by atoms with Gasteiger partial charge in [-0.15, -0.1) is 6.07 Å². The fourth-order valence-electron chi connectivity index (χ4n) is 4.68. The van der Waals surface area contributed by atoms with E-state index in [1.54, 1.807) is 0 Å². The van der Waals surface area contributed by atoms with E-state index in [1.807, 2.05) is 78.9 Å². The molecule has 0 aliphatic heterocycles. The maximum atomic E-state index is 9.26. The second-order valence-electron chi connectivity index (χ2n) is 8.58. The van der Waals surface area contributed by atoms with Gasteiger partial charge in [-0.05, 0) is 40.6 Å². The van der Waals surface area contributed by atoms with Crippen LogP contribution in [-0.2, 0) is 26.5 Å². The summed E-state index contributed by atoms with van der Waals surface area (Å²) >= 11 is 0. The van der Waals surface area contributed by atoms with Crippen molar-refractivity contribution < 1.29 is 21.1 Å². The van der Waals surface area contributed by atoms with Crippen LogP contribution in [0.1, 0.15) is 28.2 Å². The minimum absolute atomic E-state index is 0. The Hall–Kier alpha value is -5.17. The number of benzene rings is 2. The predicted molar refractivity (Wildman–Crippen MR) is 143 cm³/mol. The van der Waals surface area contributed by atoms with Crippen LogP contribution in [0.2, 0.25) is 0 Å². The Balaban J connectivity index is 0.00000323. The van der Waals surface area contributed by atoms with E-state index in [-0.39, 0.29) is 32.6 Å². The quantitative estimate of drug-likeness (QED) is 0.222. The Morgan fingerprint density at radius 2 is 1.23 bits per heavy atom. The third kappa shape index (κ3) is 4.62. The SMILES string of the molecule is [C-]#[N+]c1c[c-]n(-c2cccc(C(c3ccccc3)(c3ccccc3)c3cccc(-n4[c-]cc(C#N)n4)n3)n2)n1.[Pt+2]. The number of nitrogens with zero attached hydrogens (tertiary/aromatic N) is 8. The summed E-state index contributed by atoms with van der Waals surface area (Å²) in [6.45, 7) is 7.28. The average Bonchev–Trinajstić information content (AvgIpc) is 3.70. The normalized spacial score (nSPS) is 10.8. The van der Waals surface area contributed by atoms with Crippen LogP contribution in [0.3, 0.4) is 0 Å². The van der Waals surface area contributed by atoms with Crippen LogP contribution in [0.25, 0.3) is 16.5 Å². The molecule has 0 saturated carbocycles. The Morgan fingerprint density at radius 1 is 0.700 bits per heavy atom. The molecular formula is C31H18N8Pt. The number of hydrogen-bond donors (Lipinski definition) is 0. The van der Waals surface area contributed by atoms with Crippen molar-refractivity contribution in [2.45, 2.75) is 5.41 Å². The molecule has 4 heterocycles. The maximum absolute atomic E-state index is 9.26. The van der Waals surface area contributed by atoms with Gasteiger partial charge in [0.25, 0.3) is 0 Å². The molecule has 0 unspecified atom stereocenters. The van der Waals surface area contributed by atoms with Gasteiger partial charge in [-0.25, -0.2) is 15.0 Å². The van der Waals surface area contributed by atoms with Crippen molar-refractivity contribution in [3.8, 4) is 17.7 Å². The Morgan fingerprint density at radius 3 is 1.70 bits per heavy atom.